The number of benzene rings is 2. The molecule has 3 rings (SSSR count). The molecule has 0 bridgehead atoms. The van der Waals surface area contributed by atoms with Gasteiger partial charge in [-0.15, -0.1) is 0 Å². The number of nitrogens with zero attached hydrogens (tertiary/aromatic N) is 1. The molecular weight excluding hydrogens is 375 g/mol. The van der Waals surface area contributed by atoms with E-state index in [1.807, 2.05) is 12.1 Å². The Balaban J connectivity index is 1.61. The normalized spacial score (nSPS) is 16.7. The van der Waals surface area contributed by atoms with Crippen LogP contribution in [0.15, 0.2) is 42.5 Å². The fourth-order valence-electron chi connectivity index (χ4n) is 2.95. The van der Waals surface area contributed by atoms with Crippen LogP contribution in [0.5, 0.6) is 5.75 Å². The van der Waals surface area contributed by atoms with Crippen LogP contribution >= 0.6 is 23.2 Å². The van der Waals surface area contributed by atoms with Gasteiger partial charge < -0.3 is 15.0 Å². The molecule has 0 saturated carbocycles. The van der Waals surface area contributed by atoms with E-state index in [2.05, 4.69) is 5.32 Å². The second-order valence-electron chi connectivity index (χ2n) is 6.08. The van der Waals surface area contributed by atoms with Crippen molar-refractivity contribution in [3.63, 3.8) is 0 Å². The van der Waals surface area contributed by atoms with Crippen molar-refractivity contribution in [2.24, 2.45) is 0 Å². The van der Waals surface area contributed by atoms with Crippen molar-refractivity contribution in [2.75, 3.05) is 18.6 Å². The van der Waals surface area contributed by atoms with Crippen LogP contribution in [0.2, 0.25) is 10.0 Å². The third kappa shape index (κ3) is 4.29. The molecule has 1 unspecified atom stereocenters. The van der Waals surface area contributed by atoms with E-state index in [9.17, 15) is 9.59 Å². The number of halogens is 2. The standard InChI is InChI=1S/C19H18Cl2N2O3/c1-26-16-5-3-15(4-6-16)23-11-14(10-19(23)25)22-18(24)9-12-8-13(20)2-7-17(12)21/h2-8,14H,9-11H2,1H3,(H,22,24). The topological polar surface area (TPSA) is 58.6 Å². The second kappa shape index (κ2) is 7.98. The van der Waals surface area contributed by atoms with Gasteiger partial charge in [-0.25, -0.2) is 0 Å². The number of hydrogen-bond acceptors (Lipinski definition) is 3. The fourth-order valence-corrected chi connectivity index (χ4v) is 3.33. The quantitative estimate of drug-likeness (QED) is 0.847. The minimum absolute atomic E-state index is 0.0266. The summed E-state index contributed by atoms with van der Waals surface area (Å²) >= 11 is 12.0. The Morgan fingerprint density at radius 3 is 2.65 bits per heavy atom. The average molecular weight is 393 g/mol. The maximum absolute atomic E-state index is 12.3. The summed E-state index contributed by atoms with van der Waals surface area (Å²) in [5, 5.41) is 3.92. The maximum Gasteiger partial charge on any atom is 0.229 e. The Labute approximate surface area is 161 Å². The molecule has 5 nitrogen and oxygen atoms in total. The van der Waals surface area contributed by atoms with Crippen LogP contribution in [0.25, 0.3) is 0 Å². The van der Waals surface area contributed by atoms with Gasteiger partial charge in [0.2, 0.25) is 11.8 Å². The first kappa shape index (κ1) is 18.5. The lowest BCUT2D eigenvalue weighted by atomic mass is 10.1. The second-order valence-corrected chi connectivity index (χ2v) is 6.93. The number of anilines is 1. The van der Waals surface area contributed by atoms with E-state index in [4.69, 9.17) is 27.9 Å². The summed E-state index contributed by atoms with van der Waals surface area (Å²) < 4.78 is 5.13. The predicted molar refractivity (Wildman–Crippen MR) is 102 cm³/mol. The number of carbonyl (C=O) groups is 2. The van der Waals surface area contributed by atoms with E-state index >= 15 is 0 Å². The molecule has 2 amide bonds. The van der Waals surface area contributed by atoms with Crippen LogP contribution in [-0.2, 0) is 16.0 Å². The predicted octanol–water partition coefficient (Wildman–Crippen LogP) is 3.47. The van der Waals surface area contributed by atoms with Crippen molar-refractivity contribution in [1.82, 2.24) is 5.32 Å². The molecule has 1 N–H and O–H groups in total. The van der Waals surface area contributed by atoms with Gasteiger partial charge in [-0.2, -0.15) is 0 Å². The van der Waals surface area contributed by atoms with Gasteiger partial charge in [-0.05, 0) is 48.0 Å². The zero-order valence-corrected chi connectivity index (χ0v) is 15.7. The molecule has 1 fully saturated rings. The molecule has 26 heavy (non-hydrogen) atoms. The molecule has 1 saturated heterocycles. The summed E-state index contributed by atoms with van der Waals surface area (Å²) in [6.45, 7) is 0.431. The Morgan fingerprint density at radius 1 is 1.23 bits per heavy atom. The highest BCUT2D eigenvalue weighted by atomic mass is 35.5. The summed E-state index contributed by atoms with van der Waals surface area (Å²) in [6, 6.07) is 12.0. The Bertz CT molecular complexity index is 824. The summed E-state index contributed by atoms with van der Waals surface area (Å²) in [4.78, 5) is 26.3. The molecule has 1 aliphatic heterocycles. The Hall–Kier alpha value is -2.24. The van der Waals surface area contributed by atoms with Crippen molar-refractivity contribution in [3.05, 3.63) is 58.1 Å². The first-order chi connectivity index (χ1) is 12.5. The van der Waals surface area contributed by atoms with Crippen LogP contribution < -0.4 is 15.0 Å². The highest BCUT2D eigenvalue weighted by molar-refractivity contribution is 6.33. The van der Waals surface area contributed by atoms with Gasteiger partial charge in [0.15, 0.2) is 0 Å². The van der Waals surface area contributed by atoms with Crippen LogP contribution in [0.3, 0.4) is 0 Å². The molecule has 1 heterocycles. The third-order valence-electron chi connectivity index (χ3n) is 4.23. The molecule has 1 atom stereocenters. The lowest BCUT2D eigenvalue weighted by Gasteiger charge is -2.17. The van der Waals surface area contributed by atoms with E-state index in [1.165, 1.54) is 0 Å². The number of nitrogens with one attached hydrogen (secondary N) is 1. The molecule has 2 aromatic rings. The number of carbonyl (C=O) groups excluding carboxylic acids is 2. The van der Waals surface area contributed by atoms with Crippen LogP contribution in [0, 0.1) is 0 Å². The number of hydrogen-bond donors (Lipinski definition) is 1. The smallest absolute Gasteiger partial charge is 0.229 e. The van der Waals surface area contributed by atoms with Gasteiger partial charge in [0, 0.05) is 28.7 Å². The molecule has 0 aromatic heterocycles. The Morgan fingerprint density at radius 2 is 1.96 bits per heavy atom. The lowest BCUT2D eigenvalue weighted by Crippen LogP contribution is -2.38. The van der Waals surface area contributed by atoms with Gasteiger partial charge in [-0.1, -0.05) is 23.2 Å². The van der Waals surface area contributed by atoms with E-state index in [0.29, 0.717) is 22.2 Å². The van der Waals surface area contributed by atoms with Crippen molar-refractivity contribution in [3.8, 4) is 5.75 Å². The summed E-state index contributed by atoms with van der Waals surface area (Å²) in [5.74, 6) is 0.508. The van der Waals surface area contributed by atoms with E-state index in [-0.39, 0.29) is 30.7 Å². The zero-order chi connectivity index (χ0) is 18.7. The minimum atomic E-state index is -0.241. The number of ether oxygens (including phenoxy) is 1. The molecule has 2 aromatic carbocycles. The molecular formula is C19H18Cl2N2O3. The first-order valence-corrected chi connectivity index (χ1v) is 8.89. The number of methoxy groups -OCH3 is 1. The summed E-state index contributed by atoms with van der Waals surface area (Å²) in [5.41, 5.74) is 1.44. The zero-order valence-electron chi connectivity index (χ0n) is 14.2. The first-order valence-electron chi connectivity index (χ1n) is 8.14. The molecule has 0 radical (unpaired) electrons. The van der Waals surface area contributed by atoms with E-state index in [1.54, 1.807) is 42.3 Å². The minimum Gasteiger partial charge on any atom is -0.497 e. The Kier molecular flexibility index (Phi) is 5.69. The summed E-state index contributed by atoms with van der Waals surface area (Å²) in [6.07, 6.45) is 0.383. The third-order valence-corrected chi connectivity index (χ3v) is 4.84. The maximum atomic E-state index is 12.3. The van der Waals surface area contributed by atoms with Crippen LogP contribution in [0.1, 0.15) is 12.0 Å². The fraction of sp³-hybridized carbons (Fsp3) is 0.263. The van der Waals surface area contributed by atoms with Gasteiger partial charge in [-0.3, -0.25) is 9.59 Å². The van der Waals surface area contributed by atoms with E-state index in [0.717, 1.165) is 11.4 Å². The van der Waals surface area contributed by atoms with Gasteiger partial charge in [0.1, 0.15) is 5.75 Å². The molecule has 1 aliphatic rings. The van der Waals surface area contributed by atoms with E-state index < -0.39 is 0 Å². The van der Waals surface area contributed by atoms with Crippen molar-refractivity contribution >= 4 is 40.7 Å². The molecule has 136 valence electrons. The van der Waals surface area contributed by atoms with Crippen molar-refractivity contribution < 1.29 is 14.3 Å². The lowest BCUT2D eigenvalue weighted by molar-refractivity contribution is -0.121. The highest BCUT2D eigenvalue weighted by Gasteiger charge is 2.31. The van der Waals surface area contributed by atoms with Crippen molar-refractivity contribution in [2.45, 2.75) is 18.9 Å². The SMILES string of the molecule is COc1ccc(N2CC(NC(=O)Cc3cc(Cl)ccc3Cl)CC2=O)cc1. The highest BCUT2D eigenvalue weighted by Crippen LogP contribution is 2.25. The van der Waals surface area contributed by atoms with Crippen LogP contribution in [-0.4, -0.2) is 31.5 Å². The molecule has 0 spiro atoms. The number of rotatable bonds is 5. The van der Waals surface area contributed by atoms with Crippen LogP contribution in [0.4, 0.5) is 5.69 Å². The van der Waals surface area contributed by atoms with Gasteiger partial charge in [0.25, 0.3) is 0 Å². The molecule has 7 heteroatoms. The molecule has 0 aliphatic carbocycles. The number of amides is 2. The van der Waals surface area contributed by atoms with Crippen molar-refractivity contribution in [1.29, 1.82) is 0 Å². The van der Waals surface area contributed by atoms with Gasteiger partial charge >= 0.3 is 0 Å². The largest absolute Gasteiger partial charge is 0.497 e. The average Bonchev–Trinajstić information content (AvgIpc) is 2.98. The summed E-state index contributed by atoms with van der Waals surface area (Å²) in [7, 11) is 1.59. The van der Waals surface area contributed by atoms with Gasteiger partial charge in [0.05, 0.1) is 19.6 Å². The monoisotopic (exact) mass is 392 g/mol.